The Bertz CT molecular complexity index is 396. The molecule has 1 N–H and O–H groups in total. The molecule has 0 atom stereocenters. The van der Waals surface area contributed by atoms with Crippen molar-refractivity contribution in [2.45, 2.75) is 59.8 Å². The minimum atomic E-state index is -0.0113. The van der Waals surface area contributed by atoms with Crippen molar-refractivity contribution in [3.63, 3.8) is 0 Å². The summed E-state index contributed by atoms with van der Waals surface area (Å²) >= 11 is 0. The van der Waals surface area contributed by atoms with Crippen LogP contribution in [0.2, 0.25) is 0 Å². The zero-order valence-electron chi connectivity index (χ0n) is 14.1. The van der Waals surface area contributed by atoms with E-state index in [-0.39, 0.29) is 5.91 Å². The molecule has 0 aromatic rings. The van der Waals surface area contributed by atoms with Gasteiger partial charge in [-0.15, -0.1) is 0 Å². The SMILES string of the molecule is CC/C=C\CC/C=C/C(=O)NC/C=C(/C)CCC=C(C)C. The Hall–Kier alpha value is -1.57. The van der Waals surface area contributed by atoms with E-state index in [0.717, 1.165) is 32.1 Å². The van der Waals surface area contributed by atoms with E-state index in [1.807, 2.05) is 6.08 Å². The normalized spacial score (nSPS) is 12.1. The molecule has 0 heterocycles. The number of carbonyl (C=O) groups excluding carboxylic acids is 1. The van der Waals surface area contributed by atoms with Gasteiger partial charge in [-0.05, 0) is 59.0 Å². The van der Waals surface area contributed by atoms with E-state index < -0.39 is 0 Å². The fourth-order valence-corrected chi connectivity index (χ4v) is 1.74. The molecule has 0 rings (SSSR count). The predicted molar refractivity (Wildman–Crippen MR) is 93.2 cm³/mol. The molecular weight excluding hydrogens is 258 g/mol. The average Bonchev–Trinajstić information content (AvgIpc) is 2.42. The molecule has 0 saturated heterocycles. The van der Waals surface area contributed by atoms with Gasteiger partial charge in [-0.25, -0.2) is 0 Å². The van der Waals surface area contributed by atoms with Crippen molar-refractivity contribution in [1.29, 1.82) is 0 Å². The Morgan fingerprint density at radius 1 is 0.952 bits per heavy atom. The van der Waals surface area contributed by atoms with Gasteiger partial charge >= 0.3 is 0 Å². The molecule has 2 nitrogen and oxygen atoms in total. The highest BCUT2D eigenvalue weighted by molar-refractivity contribution is 5.87. The van der Waals surface area contributed by atoms with Gasteiger partial charge < -0.3 is 5.32 Å². The second kappa shape index (κ2) is 13.4. The smallest absolute Gasteiger partial charge is 0.243 e. The van der Waals surface area contributed by atoms with Gasteiger partial charge in [0, 0.05) is 6.54 Å². The summed E-state index contributed by atoms with van der Waals surface area (Å²) in [7, 11) is 0. The number of amides is 1. The molecule has 0 radical (unpaired) electrons. The molecule has 1 amide bonds. The first-order valence-corrected chi connectivity index (χ1v) is 7.94. The summed E-state index contributed by atoms with van der Waals surface area (Å²) < 4.78 is 0. The second-order valence-corrected chi connectivity index (χ2v) is 5.48. The van der Waals surface area contributed by atoms with Crippen molar-refractivity contribution >= 4 is 5.91 Å². The lowest BCUT2D eigenvalue weighted by Gasteiger charge is -2.01. The van der Waals surface area contributed by atoms with Gasteiger partial charge in [-0.1, -0.05) is 48.5 Å². The molecule has 0 aromatic carbocycles. The van der Waals surface area contributed by atoms with Gasteiger partial charge in [0.05, 0.1) is 0 Å². The first kappa shape index (κ1) is 19.4. The van der Waals surface area contributed by atoms with Gasteiger partial charge in [-0.3, -0.25) is 4.79 Å². The molecule has 0 bridgehead atoms. The molecule has 0 fully saturated rings. The third kappa shape index (κ3) is 14.6. The number of rotatable bonds is 10. The quantitative estimate of drug-likeness (QED) is 0.338. The largest absolute Gasteiger partial charge is 0.349 e. The maximum atomic E-state index is 11.6. The summed E-state index contributed by atoms with van der Waals surface area (Å²) in [5.41, 5.74) is 2.68. The molecular formula is C19H31NO. The number of allylic oxidation sites excluding steroid dienone is 6. The highest BCUT2D eigenvalue weighted by Crippen LogP contribution is 2.05. The number of nitrogens with one attached hydrogen (secondary N) is 1. The molecule has 0 spiro atoms. The Kier molecular flexibility index (Phi) is 12.4. The van der Waals surface area contributed by atoms with Crippen LogP contribution in [0.5, 0.6) is 0 Å². The monoisotopic (exact) mass is 289 g/mol. The third-order valence-corrected chi connectivity index (χ3v) is 2.99. The van der Waals surface area contributed by atoms with Crippen LogP contribution in [0.25, 0.3) is 0 Å². The minimum Gasteiger partial charge on any atom is -0.349 e. The van der Waals surface area contributed by atoms with Crippen LogP contribution in [0.15, 0.2) is 47.6 Å². The van der Waals surface area contributed by atoms with E-state index in [2.05, 4.69) is 57.3 Å². The minimum absolute atomic E-state index is 0.0113. The van der Waals surface area contributed by atoms with Gasteiger partial charge in [0.15, 0.2) is 0 Å². The molecule has 0 aliphatic rings. The number of carbonyl (C=O) groups is 1. The van der Waals surface area contributed by atoms with E-state index in [1.165, 1.54) is 11.1 Å². The van der Waals surface area contributed by atoms with Crippen molar-refractivity contribution < 1.29 is 4.79 Å². The van der Waals surface area contributed by atoms with Crippen molar-refractivity contribution in [2.24, 2.45) is 0 Å². The Labute approximate surface area is 130 Å². The van der Waals surface area contributed by atoms with Crippen LogP contribution < -0.4 is 5.32 Å². The standard InChI is InChI=1S/C19H31NO/c1-5-6-7-8-9-10-14-19(21)20-16-15-18(4)13-11-12-17(2)3/h6-7,10,12,14-15H,5,8-9,11,13,16H2,1-4H3,(H,20,21)/b7-6-,14-10+,18-15-. The Morgan fingerprint density at radius 3 is 2.33 bits per heavy atom. The maximum Gasteiger partial charge on any atom is 0.243 e. The lowest BCUT2D eigenvalue weighted by Crippen LogP contribution is -2.20. The lowest BCUT2D eigenvalue weighted by molar-refractivity contribution is -0.116. The summed E-state index contributed by atoms with van der Waals surface area (Å²) in [6.07, 6.45) is 17.3. The average molecular weight is 289 g/mol. The first-order chi connectivity index (χ1) is 10.1. The zero-order chi connectivity index (χ0) is 15.9. The van der Waals surface area contributed by atoms with E-state index in [1.54, 1.807) is 6.08 Å². The fourth-order valence-electron chi connectivity index (χ4n) is 1.74. The molecule has 0 aliphatic carbocycles. The molecule has 0 unspecified atom stereocenters. The van der Waals surface area contributed by atoms with Crippen LogP contribution in [-0.4, -0.2) is 12.5 Å². The van der Waals surface area contributed by atoms with Crippen LogP contribution >= 0.6 is 0 Å². The van der Waals surface area contributed by atoms with Crippen molar-refractivity contribution in [3.05, 3.63) is 47.6 Å². The third-order valence-electron chi connectivity index (χ3n) is 2.99. The summed E-state index contributed by atoms with van der Waals surface area (Å²) in [6.45, 7) is 9.07. The van der Waals surface area contributed by atoms with Crippen molar-refractivity contribution in [2.75, 3.05) is 6.54 Å². The fraction of sp³-hybridized carbons (Fsp3) is 0.526. The van der Waals surface area contributed by atoms with E-state index >= 15 is 0 Å². The first-order valence-electron chi connectivity index (χ1n) is 7.94. The maximum absolute atomic E-state index is 11.6. The molecule has 0 saturated carbocycles. The van der Waals surface area contributed by atoms with E-state index in [4.69, 9.17) is 0 Å². The van der Waals surface area contributed by atoms with E-state index in [9.17, 15) is 4.79 Å². The van der Waals surface area contributed by atoms with Gasteiger partial charge in [0.25, 0.3) is 0 Å². The van der Waals surface area contributed by atoms with Crippen molar-refractivity contribution in [1.82, 2.24) is 5.32 Å². The number of unbranched alkanes of at least 4 members (excludes halogenated alkanes) is 1. The van der Waals surface area contributed by atoms with Crippen LogP contribution in [0.3, 0.4) is 0 Å². The highest BCUT2D eigenvalue weighted by Gasteiger charge is 1.93. The second-order valence-electron chi connectivity index (χ2n) is 5.48. The van der Waals surface area contributed by atoms with E-state index in [0.29, 0.717) is 6.54 Å². The molecule has 0 aromatic heterocycles. The van der Waals surface area contributed by atoms with Crippen LogP contribution in [-0.2, 0) is 4.79 Å². The summed E-state index contributed by atoms with van der Waals surface area (Å²) in [6, 6.07) is 0. The van der Waals surface area contributed by atoms with Crippen LogP contribution in [0.4, 0.5) is 0 Å². The lowest BCUT2D eigenvalue weighted by atomic mass is 10.1. The molecule has 0 aliphatic heterocycles. The van der Waals surface area contributed by atoms with Crippen molar-refractivity contribution in [3.8, 4) is 0 Å². The Morgan fingerprint density at radius 2 is 1.67 bits per heavy atom. The summed E-state index contributed by atoms with van der Waals surface area (Å²) in [5.74, 6) is -0.0113. The van der Waals surface area contributed by atoms with Crippen LogP contribution in [0, 0.1) is 0 Å². The van der Waals surface area contributed by atoms with Crippen LogP contribution in [0.1, 0.15) is 59.8 Å². The molecule has 2 heteroatoms. The molecule has 118 valence electrons. The number of hydrogen-bond acceptors (Lipinski definition) is 1. The van der Waals surface area contributed by atoms with Gasteiger partial charge in [0.1, 0.15) is 0 Å². The predicted octanol–water partition coefficient (Wildman–Crippen LogP) is 5.10. The topological polar surface area (TPSA) is 29.1 Å². The highest BCUT2D eigenvalue weighted by atomic mass is 16.1. The Balaban J connectivity index is 3.79. The van der Waals surface area contributed by atoms with Gasteiger partial charge in [0.2, 0.25) is 5.91 Å². The molecule has 21 heavy (non-hydrogen) atoms. The zero-order valence-corrected chi connectivity index (χ0v) is 14.1. The summed E-state index contributed by atoms with van der Waals surface area (Å²) in [5, 5.41) is 2.88. The summed E-state index contributed by atoms with van der Waals surface area (Å²) in [4.78, 5) is 11.6. The number of hydrogen-bond donors (Lipinski definition) is 1. The van der Waals surface area contributed by atoms with Gasteiger partial charge in [-0.2, -0.15) is 0 Å².